The van der Waals surface area contributed by atoms with Crippen LogP contribution >= 0.6 is 0 Å². The molecule has 0 radical (unpaired) electrons. The SMILES string of the molecule is CC(C)N[C@@H](Cc1cn[nH]c1)C(=O)C(C)C. The fourth-order valence-corrected chi connectivity index (χ4v) is 1.67. The lowest BCUT2D eigenvalue weighted by molar-refractivity contribution is -0.124. The molecule has 16 heavy (non-hydrogen) atoms. The van der Waals surface area contributed by atoms with Crippen molar-refractivity contribution in [3.63, 3.8) is 0 Å². The third kappa shape index (κ3) is 3.77. The molecular weight excluding hydrogens is 202 g/mol. The van der Waals surface area contributed by atoms with Crippen molar-refractivity contribution >= 4 is 5.78 Å². The number of nitrogens with zero attached hydrogens (tertiary/aromatic N) is 1. The van der Waals surface area contributed by atoms with E-state index in [1.165, 1.54) is 0 Å². The average molecular weight is 223 g/mol. The van der Waals surface area contributed by atoms with E-state index in [-0.39, 0.29) is 17.7 Å². The van der Waals surface area contributed by atoms with Crippen molar-refractivity contribution in [3.05, 3.63) is 18.0 Å². The second-order valence-corrected chi connectivity index (χ2v) is 4.74. The molecule has 0 unspecified atom stereocenters. The summed E-state index contributed by atoms with van der Waals surface area (Å²) < 4.78 is 0. The fourth-order valence-electron chi connectivity index (χ4n) is 1.67. The van der Waals surface area contributed by atoms with E-state index >= 15 is 0 Å². The molecule has 0 aromatic carbocycles. The van der Waals surface area contributed by atoms with Crippen LogP contribution in [0.25, 0.3) is 0 Å². The second kappa shape index (κ2) is 5.80. The maximum Gasteiger partial charge on any atom is 0.152 e. The zero-order chi connectivity index (χ0) is 12.1. The maximum absolute atomic E-state index is 12.0. The Hall–Kier alpha value is -1.16. The molecule has 0 aliphatic heterocycles. The Morgan fingerprint density at radius 3 is 2.56 bits per heavy atom. The minimum atomic E-state index is -0.113. The van der Waals surface area contributed by atoms with Gasteiger partial charge in [-0.15, -0.1) is 0 Å². The number of carbonyl (C=O) groups excluding carboxylic acids is 1. The van der Waals surface area contributed by atoms with E-state index in [1.54, 1.807) is 6.20 Å². The Morgan fingerprint density at radius 1 is 1.44 bits per heavy atom. The van der Waals surface area contributed by atoms with Crippen LogP contribution in [0, 0.1) is 5.92 Å². The predicted molar refractivity (Wildman–Crippen MR) is 64.2 cm³/mol. The third-order valence-electron chi connectivity index (χ3n) is 2.44. The van der Waals surface area contributed by atoms with E-state index in [0.29, 0.717) is 12.5 Å². The largest absolute Gasteiger partial charge is 0.305 e. The van der Waals surface area contributed by atoms with Crippen molar-refractivity contribution in [2.24, 2.45) is 5.92 Å². The van der Waals surface area contributed by atoms with Gasteiger partial charge in [0.2, 0.25) is 0 Å². The van der Waals surface area contributed by atoms with Crippen molar-refractivity contribution < 1.29 is 4.79 Å². The number of aromatic nitrogens is 2. The molecule has 0 aliphatic rings. The van der Waals surface area contributed by atoms with Gasteiger partial charge in [0.05, 0.1) is 12.2 Å². The quantitative estimate of drug-likeness (QED) is 0.769. The molecule has 0 aliphatic carbocycles. The van der Waals surface area contributed by atoms with Gasteiger partial charge >= 0.3 is 0 Å². The molecule has 4 heteroatoms. The van der Waals surface area contributed by atoms with Crippen LogP contribution in [0.15, 0.2) is 12.4 Å². The lowest BCUT2D eigenvalue weighted by Gasteiger charge is -2.21. The van der Waals surface area contributed by atoms with Crippen LogP contribution in [-0.4, -0.2) is 28.1 Å². The zero-order valence-electron chi connectivity index (χ0n) is 10.4. The number of aromatic amines is 1. The summed E-state index contributed by atoms with van der Waals surface area (Å²) in [6.07, 6.45) is 4.30. The van der Waals surface area contributed by atoms with Crippen LogP contribution < -0.4 is 5.32 Å². The van der Waals surface area contributed by atoms with E-state index in [9.17, 15) is 4.79 Å². The van der Waals surface area contributed by atoms with Crippen LogP contribution in [0.2, 0.25) is 0 Å². The first kappa shape index (κ1) is 12.9. The first-order valence-corrected chi connectivity index (χ1v) is 5.78. The molecule has 1 heterocycles. The second-order valence-electron chi connectivity index (χ2n) is 4.74. The van der Waals surface area contributed by atoms with Crippen molar-refractivity contribution in [2.45, 2.75) is 46.2 Å². The highest BCUT2D eigenvalue weighted by molar-refractivity contribution is 5.86. The van der Waals surface area contributed by atoms with E-state index in [2.05, 4.69) is 29.4 Å². The molecule has 0 bridgehead atoms. The van der Waals surface area contributed by atoms with Crippen molar-refractivity contribution in [2.75, 3.05) is 0 Å². The molecule has 1 aromatic heterocycles. The summed E-state index contributed by atoms with van der Waals surface area (Å²) in [4.78, 5) is 12.0. The van der Waals surface area contributed by atoms with Crippen LogP contribution in [0.5, 0.6) is 0 Å². The topological polar surface area (TPSA) is 57.8 Å². The molecule has 1 rings (SSSR count). The van der Waals surface area contributed by atoms with Gasteiger partial charge in [0, 0.05) is 18.2 Å². The minimum Gasteiger partial charge on any atom is -0.305 e. The van der Waals surface area contributed by atoms with Gasteiger partial charge in [-0.2, -0.15) is 5.10 Å². The number of rotatable bonds is 6. The van der Waals surface area contributed by atoms with Crippen molar-refractivity contribution in [1.82, 2.24) is 15.5 Å². The third-order valence-corrected chi connectivity index (χ3v) is 2.44. The van der Waals surface area contributed by atoms with Gasteiger partial charge in [-0.05, 0) is 12.0 Å². The summed E-state index contributed by atoms with van der Waals surface area (Å²) in [5.41, 5.74) is 1.06. The van der Waals surface area contributed by atoms with Gasteiger partial charge in [-0.3, -0.25) is 9.89 Å². The summed E-state index contributed by atoms with van der Waals surface area (Å²) >= 11 is 0. The summed E-state index contributed by atoms with van der Waals surface area (Å²) in [7, 11) is 0. The molecule has 0 saturated carbocycles. The molecular formula is C12H21N3O. The van der Waals surface area contributed by atoms with Crippen molar-refractivity contribution in [1.29, 1.82) is 0 Å². The van der Waals surface area contributed by atoms with E-state index in [0.717, 1.165) is 5.56 Å². The number of Topliss-reactive ketones (excluding diaryl/α,β-unsaturated/α-hetero) is 1. The van der Waals surface area contributed by atoms with Gasteiger partial charge in [0.1, 0.15) is 0 Å². The fraction of sp³-hybridized carbons (Fsp3) is 0.667. The molecule has 0 fully saturated rings. The Morgan fingerprint density at radius 2 is 2.12 bits per heavy atom. The minimum absolute atomic E-state index is 0.0585. The molecule has 1 atom stereocenters. The number of carbonyl (C=O) groups is 1. The number of hydrogen-bond acceptors (Lipinski definition) is 3. The predicted octanol–water partition coefficient (Wildman–Crippen LogP) is 1.54. The van der Waals surface area contributed by atoms with E-state index < -0.39 is 0 Å². The Labute approximate surface area is 96.8 Å². The highest BCUT2D eigenvalue weighted by Gasteiger charge is 2.22. The zero-order valence-corrected chi connectivity index (χ0v) is 10.4. The Kier molecular flexibility index (Phi) is 4.68. The van der Waals surface area contributed by atoms with Crippen LogP contribution in [0.4, 0.5) is 0 Å². The van der Waals surface area contributed by atoms with Gasteiger partial charge in [0.15, 0.2) is 5.78 Å². The van der Waals surface area contributed by atoms with Gasteiger partial charge in [-0.25, -0.2) is 0 Å². The number of ketones is 1. The van der Waals surface area contributed by atoms with Crippen LogP contribution in [-0.2, 0) is 11.2 Å². The molecule has 1 aromatic rings. The summed E-state index contributed by atoms with van der Waals surface area (Å²) in [5, 5.41) is 9.97. The Balaban J connectivity index is 2.67. The lowest BCUT2D eigenvalue weighted by atomic mass is 9.96. The van der Waals surface area contributed by atoms with Crippen LogP contribution in [0.3, 0.4) is 0 Å². The monoisotopic (exact) mass is 223 g/mol. The molecule has 0 saturated heterocycles. The summed E-state index contributed by atoms with van der Waals surface area (Å²) in [5.74, 6) is 0.318. The lowest BCUT2D eigenvalue weighted by Crippen LogP contribution is -2.44. The number of H-pyrrole nitrogens is 1. The summed E-state index contributed by atoms with van der Waals surface area (Å²) in [6.45, 7) is 7.98. The highest BCUT2D eigenvalue weighted by atomic mass is 16.1. The van der Waals surface area contributed by atoms with Gasteiger partial charge in [-0.1, -0.05) is 27.7 Å². The highest BCUT2D eigenvalue weighted by Crippen LogP contribution is 2.07. The maximum atomic E-state index is 12.0. The summed E-state index contributed by atoms with van der Waals surface area (Å²) in [6, 6.07) is 0.192. The standard InChI is InChI=1S/C12H21N3O/c1-8(2)12(16)11(15-9(3)4)5-10-6-13-14-7-10/h6-9,11,15H,5H2,1-4H3,(H,13,14)/t11-/m0/s1. The van der Waals surface area contributed by atoms with E-state index in [4.69, 9.17) is 0 Å². The molecule has 0 amide bonds. The number of nitrogens with one attached hydrogen (secondary N) is 2. The van der Waals surface area contributed by atoms with Gasteiger partial charge < -0.3 is 5.32 Å². The molecule has 90 valence electrons. The van der Waals surface area contributed by atoms with Crippen molar-refractivity contribution in [3.8, 4) is 0 Å². The van der Waals surface area contributed by atoms with Gasteiger partial charge in [0.25, 0.3) is 0 Å². The molecule has 4 nitrogen and oxygen atoms in total. The smallest absolute Gasteiger partial charge is 0.152 e. The first-order chi connectivity index (χ1) is 7.50. The Bertz CT molecular complexity index is 317. The molecule has 0 spiro atoms. The average Bonchev–Trinajstić information content (AvgIpc) is 2.67. The van der Waals surface area contributed by atoms with E-state index in [1.807, 2.05) is 20.0 Å². The van der Waals surface area contributed by atoms with Crippen LogP contribution in [0.1, 0.15) is 33.3 Å². The normalized spacial score (nSPS) is 13.4. The number of hydrogen-bond donors (Lipinski definition) is 2. The molecule has 2 N–H and O–H groups in total. The first-order valence-electron chi connectivity index (χ1n) is 5.78.